The third kappa shape index (κ3) is 1.91. The molecule has 72 valence electrons. The molecule has 2 aromatic rings. The maximum absolute atomic E-state index is 11.8. The quantitative estimate of drug-likeness (QED) is 0.749. The fourth-order valence-corrected chi connectivity index (χ4v) is 2.67. The maximum atomic E-state index is 11.8. The third-order valence-electron chi connectivity index (χ3n) is 1.97. The Morgan fingerprint density at radius 3 is 2.93 bits per heavy atom. The van der Waals surface area contributed by atoms with Crippen LogP contribution in [0, 0.1) is 6.92 Å². The summed E-state index contributed by atoms with van der Waals surface area (Å²) in [5.41, 5.74) is 3.68. The molecule has 0 saturated heterocycles. The molecule has 0 bridgehead atoms. The van der Waals surface area contributed by atoms with Gasteiger partial charge in [0.05, 0.1) is 5.51 Å². The van der Waals surface area contributed by atoms with Gasteiger partial charge in [-0.1, -0.05) is 0 Å². The van der Waals surface area contributed by atoms with E-state index in [4.69, 9.17) is 0 Å². The summed E-state index contributed by atoms with van der Waals surface area (Å²) >= 11 is 3.10. The SMILES string of the molecule is Cc1cscc1C(=O)Cc1cncs1. The molecule has 2 rings (SSSR count). The van der Waals surface area contributed by atoms with Crippen molar-refractivity contribution in [1.29, 1.82) is 0 Å². The van der Waals surface area contributed by atoms with E-state index in [0.29, 0.717) is 6.42 Å². The number of rotatable bonds is 3. The Kier molecular flexibility index (Phi) is 2.74. The molecule has 0 saturated carbocycles. The number of ketones is 1. The number of Topliss-reactive ketones (excluding diaryl/α,β-unsaturated/α-hetero) is 1. The fourth-order valence-electron chi connectivity index (χ4n) is 1.23. The molecule has 0 aliphatic heterocycles. The van der Waals surface area contributed by atoms with Gasteiger partial charge in [0.25, 0.3) is 0 Å². The largest absolute Gasteiger partial charge is 0.294 e. The van der Waals surface area contributed by atoms with Crippen LogP contribution in [-0.2, 0) is 6.42 Å². The lowest BCUT2D eigenvalue weighted by molar-refractivity contribution is 0.0993. The number of thiophene rings is 1. The fraction of sp³-hybridized carbons (Fsp3) is 0.200. The third-order valence-corrected chi connectivity index (χ3v) is 3.62. The molecule has 0 amide bonds. The van der Waals surface area contributed by atoms with Gasteiger partial charge >= 0.3 is 0 Å². The summed E-state index contributed by atoms with van der Waals surface area (Å²) in [6, 6.07) is 0. The zero-order chi connectivity index (χ0) is 9.97. The second-order valence-electron chi connectivity index (χ2n) is 3.04. The maximum Gasteiger partial charge on any atom is 0.169 e. The first-order chi connectivity index (χ1) is 6.77. The molecule has 0 N–H and O–H groups in total. The minimum Gasteiger partial charge on any atom is -0.294 e. The Balaban J connectivity index is 2.14. The highest BCUT2D eigenvalue weighted by atomic mass is 32.1. The molecule has 2 nitrogen and oxygen atoms in total. The van der Waals surface area contributed by atoms with E-state index in [1.807, 2.05) is 17.7 Å². The lowest BCUT2D eigenvalue weighted by Gasteiger charge is -1.96. The summed E-state index contributed by atoms with van der Waals surface area (Å²) in [7, 11) is 0. The highest BCUT2D eigenvalue weighted by Crippen LogP contribution is 2.17. The van der Waals surface area contributed by atoms with Gasteiger partial charge in [-0.15, -0.1) is 11.3 Å². The van der Waals surface area contributed by atoms with Gasteiger partial charge in [-0.25, -0.2) is 0 Å². The number of carbonyl (C=O) groups is 1. The van der Waals surface area contributed by atoms with Crippen molar-refractivity contribution < 1.29 is 4.79 Å². The number of aromatic nitrogens is 1. The van der Waals surface area contributed by atoms with E-state index in [0.717, 1.165) is 16.0 Å². The van der Waals surface area contributed by atoms with Crippen LogP contribution in [0.1, 0.15) is 20.8 Å². The first-order valence-electron chi connectivity index (χ1n) is 4.20. The van der Waals surface area contributed by atoms with Gasteiger partial charge in [-0.3, -0.25) is 9.78 Å². The van der Waals surface area contributed by atoms with Crippen molar-refractivity contribution in [2.75, 3.05) is 0 Å². The van der Waals surface area contributed by atoms with Crippen molar-refractivity contribution >= 4 is 28.5 Å². The lowest BCUT2D eigenvalue weighted by atomic mass is 10.1. The Morgan fingerprint density at radius 2 is 2.36 bits per heavy atom. The highest BCUT2D eigenvalue weighted by Gasteiger charge is 2.11. The van der Waals surface area contributed by atoms with E-state index in [-0.39, 0.29) is 5.78 Å². The van der Waals surface area contributed by atoms with Crippen LogP contribution in [-0.4, -0.2) is 10.8 Å². The molecular formula is C10H9NOS2. The van der Waals surface area contributed by atoms with Crippen LogP contribution in [0.15, 0.2) is 22.5 Å². The molecule has 0 aliphatic rings. The standard InChI is InChI=1S/C10H9NOS2/c1-7-4-13-5-9(7)10(12)2-8-3-11-6-14-8/h3-6H,2H2,1H3. The molecule has 0 spiro atoms. The van der Waals surface area contributed by atoms with E-state index in [1.54, 1.807) is 23.0 Å². The zero-order valence-corrected chi connectivity index (χ0v) is 9.32. The second kappa shape index (κ2) is 4.02. The van der Waals surface area contributed by atoms with Crippen LogP contribution >= 0.6 is 22.7 Å². The average Bonchev–Trinajstić information content (AvgIpc) is 2.75. The molecule has 0 aromatic carbocycles. The summed E-state index contributed by atoms with van der Waals surface area (Å²) in [6.45, 7) is 1.97. The normalized spacial score (nSPS) is 10.4. The van der Waals surface area contributed by atoms with Crippen molar-refractivity contribution in [2.24, 2.45) is 0 Å². The summed E-state index contributed by atoms with van der Waals surface area (Å²) < 4.78 is 0. The Hall–Kier alpha value is -1.00. The Morgan fingerprint density at radius 1 is 1.50 bits per heavy atom. The number of carbonyl (C=O) groups excluding carboxylic acids is 1. The first kappa shape index (κ1) is 9.55. The van der Waals surface area contributed by atoms with Gasteiger partial charge in [0, 0.05) is 28.4 Å². The molecule has 0 atom stereocenters. The number of hydrogen-bond donors (Lipinski definition) is 0. The van der Waals surface area contributed by atoms with Crippen molar-refractivity contribution in [3.05, 3.63) is 38.5 Å². The van der Waals surface area contributed by atoms with Crippen molar-refractivity contribution in [1.82, 2.24) is 4.98 Å². The van der Waals surface area contributed by atoms with E-state index in [2.05, 4.69) is 4.98 Å². The summed E-state index contributed by atoms with van der Waals surface area (Å²) in [5, 5.41) is 3.92. The van der Waals surface area contributed by atoms with Gasteiger partial charge in [0.2, 0.25) is 0 Å². The van der Waals surface area contributed by atoms with Crippen LogP contribution in [0.5, 0.6) is 0 Å². The molecule has 4 heteroatoms. The lowest BCUT2D eigenvalue weighted by Crippen LogP contribution is -2.02. The van der Waals surface area contributed by atoms with Crippen LogP contribution in [0.4, 0.5) is 0 Å². The van der Waals surface area contributed by atoms with Gasteiger partial charge in [0.1, 0.15) is 0 Å². The molecule has 0 aliphatic carbocycles. The number of hydrogen-bond acceptors (Lipinski definition) is 4. The number of thiazole rings is 1. The predicted octanol–water partition coefficient (Wildman–Crippen LogP) is 2.94. The molecule has 0 unspecified atom stereocenters. The summed E-state index contributed by atoms with van der Waals surface area (Å²) in [6.07, 6.45) is 2.23. The number of aryl methyl sites for hydroxylation is 1. The molecule has 0 fully saturated rings. The summed E-state index contributed by atoms with van der Waals surface area (Å²) in [5.74, 6) is 0.188. The zero-order valence-electron chi connectivity index (χ0n) is 7.69. The van der Waals surface area contributed by atoms with Gasteiger partial charge in [-0.2, -0.15) is 11.3 Å². The highest BCUT2D eigenvalue weighted by molar-refractivity contribution is 7.09. The number of nitrogens with zero attached hydrogens (tertiary/aromatic N) is 1. The van der Waals surface area contributed by atoms with Crippen molar-refractivity contribution in [2.45, 2.75) is 13.3 Å². The van der Waals surface area contributed by atoms with Crippen molar-refractivity contribution in [3.8, 4) is 0 Å². The molecular weight excluding hydrogens is 214 g/mol. The van der Waals surface area contributed by atoms with Gasteiger partial charge in [-0.05, 0) is 17.9 Å². The van der Waals surface area contributed by atoms with Gasteiger partial charge in [0.15, 0.2) is 5.78 Å². The molecule has 14 heavy (non-hydrogen) atoms. The van der Waals surface area contributed by atoms with E-state index in [9.17, 15) is 4.79 Å². The van der Waals surface area contributed by atoms with Crippen molar-refractivity contribution in [3.63, 3.8) is 0 Å². The Labute approximate surface area is 90.2 Å². The smallest absolute Gasteiger partial charge is 0.169 e. The predicted molar refractivity (Wildman–Crippen MR) is 59.2 cm³/mol. The van der Waals surface area contributed by atoms with Gasteiger partial charge < -0.3 is 0 Å². The minimum absolute atomic E-state index is 0.188. The van der Waals surface area contributed by atoms with E-state index in [1.165, 1.54) is 11.3 Å². The second-order valence-corrected chi connectivity index (χ2v) is 4.75. The topological polar surface area (TPSA) is 30.0 Å². The van der Waals surface area contributed by atoms with Crippen LogP contribution in [0.3, 0.4) is 0 Å². The van der Waals surface area contributed by atoms with Crippen LogP contribution < -0.4 is 0 Å². The van der Waals surface area contributed by atoms with Crippen LogP contribution in [0.25, 0.3) is 0 Å². The Bertz CT molecular complexity index is 431. The minimum atomic E-state index is 0.188. The average molecular weight is 223 g/mol. The molecule has 0 radical (unpaired) electrons. The molecule has 2 heterocycles. The van der Waals surface area contributed by atoms with E-state index >= 15 is 0 Å². The van der Waals surface area contributed by atoms with E-state index < -0.39 is 0 Å². The summed E-state index contributed by atoms with van der Waals surface area (Å²) in [4.78, 5) is 16.8. The van der Waals surface area contributed by atoms with Crippen LogP contribution in [0.2, 0.25) is 0 Å². The monoisotopic (exact) mass is 223 g/mol. The first-order valence-corrected chi connectivity index (χ1v) is 6.03. The molecule has 2 aromatic heterocycles.